The van der Waals surface area contributed by atoms with Crippen molar-refractivity contribution >= 4 is 51.9 Å². The van der Waals surface area contributed by atoms with Crippen molar-refractivity contribution in [3.8, 4) is 0 Å². The molecule has 6 atom stereocenters. The van der Waals surface area contributed by atoms with Crippen molar-refractivity contribution in [1.29, 1.82) is 0 Å². The summed E-state index contributed by atoms with van der Waals surface area (Å²) >= 11 is 1.72. The van der Waals surface area contributed by atoms with Crippen LogP contribution < -0.4 is 149 Å². The van der Waals surface area contributed by atoms with Crippen LogP contribution in [0.3, 0.4) is 0 Å². The molecule has 0 spiro atoms. The van der Waals surface area contributed by atoms with Gasteiger partial charge in [-0.1, -0.05) is 0 Å². The van der Waals surface area contributed by atoms with Crippen LogP contribution in [0.1, 0.15) is 6.23 Å². The number of nitrogens with zero attached hydrogens (tertiary/aromatic N) is 2. The molecule has 6 unspecified atom stereocenters. The zero-order valence-corrected chi connectivity index (χ0v) is 30.9. The third-order valence-corrected chi connectivity index (χ3v) is 7.84. The summed E-state index contributed by atoms with van der Waals surface area (Å²) in [6.45, 7) is -1.14. The number of ether oxygens (including phenoxy) is 1. The molecule has 2 rings (SSSR count). The average molecular weight is 697 g/mol. The van der Waals surface area contributed by atoms with E-state index in [9.17, 15) is 48.3 Å². The number of hydrogen-bond donors (Lipinski definition) is 3. The molecule has 172 valence electrons. The van der Waals surface area contributed by atoms with Crippen molar-refractivity contribution in [3.05, 3.63) is 20.3 Å². The zero-order valence-electron chi connectivity index (χ0n) is 18.1. The van der Waals surface area contributed by atoms with Crippen LogP contribution >= 0.6 is 46.1 Å². The number of aliphatic hydroxyl groups is 2. The summed E-state index contributed by atoms with van der Waals surface area (Å²) in [6.07, 6.45) is -5.63. The van der Waals surface area contributed by atoms with Gasteiger partial charge < -0.3 is 49.3 Å². The van der Waals surface area contributed by atoms with Gasteiger partial charge in [-0.3, -0.25) is 18.0 Å². The molecule has 0 aliphatic carbocycles. The number of phosphoric ester groups is 1. The molecule has 0 saturated carbocycles. The number of anilines is 1. The summed E-state index contributed by atoms with van der Waals surface area (Å²) in [5.41, 5.74) is 4.50. The number of halogens is 1. The van der Waals surface area contributed by atoms with Gasteiger partial charge in [0.25, 0.3) is 15.6 Å². The van der Waals surface area contributed by atoms with Gasteiger partial charge in [-0.25, -0.2) is 9.11 Å². The van der Waals surface area contributed by atoms with Gasteiger partial charge in [-0.05, 0) is 22.6 Å². The second kappa shape index (κ2) is 16.8. The standard InChI is InChI=1S/C9H15IN3O14P3.4Na/c10-3-1-13(9(16)12-7(3)11)8-6(15)5(14)4(25-8)2-24-29(20,21)27-30(22,23)26-28(17,18)19;;;;/h1,4-6,8,14-15H,2H2,(H,20,21)(H,22,23)(H2,11,12,16)(H2,17,18,19);;;;/q;4*+1/p-4. The van der Waals surface area contributed by atoms with Crippen LogP contribution in [-0.2, 0) is 31.6 Å². The van der Waals surface area contributed by atoms with Crippen molar-refractivity contribution < 1.29 is 180 Å². The summed E-state index contributed by atoms with van der Waals surface area (Å²) in [5, 5.41) is 20.0. The third-order valence-electron chi connectivity index (χ3n) is 3.34. The normalized spacial score (nSPS) is 25.4. The second-order valence-electron chi connectivity index (χ2n) is 5.51. The Bertz CT molecular complexity index is 1010. The summed E-state index contributed by atoms with van der Waals surface area (Å²) in [6, 6.07) is 0. The van der Waals surface area contributed by atoms with E-state index >= 15 is 0 Å². The Hall–Kier alpha value is 3.70. The minimum Gasteiger partial charge on any atom is -0.790 e. The Balaban J connectivity index is -0.00000240. The van der Waals surface area contributed by atoms with E-state index in [0.29, 0.717) is 0 Å². The maximum absolute atomic E-state index is 11.9. The van der Waals surface area contributed by atoms with E-state index in [1.807, 2.05) is 0 Å². The Kier molecular flexibility index (Phi) is 20.9. The molecule has 1 fully saturated rings. The van der Waals surface area contributed by atoms with E-state index < -0.39 is 60.3 Å². The minimum absolute atomic E-state index is 0. The molecule has 1 saturated heterocycles. The van der Waals surface area contributed by atoms with Crippen LogP contribution in [0.25, 0.3) is 0 Å². The molecule has 0 radical (unpaired) electrons. The summed E-state index contributed by atoms with van der Waals surface area (Å²) < 4.78 is 49.6. The Labute approximate surface area is 293 Å². The topological polar surface area (TPSA) is 282 Å². The molecule has 1 aromatic rings. The predicted molar refractivity (Wildman–Crippen MR) is 92.5 cm³/mol. The van der Waals surface area contributed by atoms with Gasteiger partial charge >= 0.3 is 124 Å². The van der Waals surface area contributed by atoms with Gasteiger partial charge in [0.05, 0.1) is 18.0 Å². The van der Waals surface area contributed by atoms with Crippen molar-refractivity contribution in [2.45, 2.75) is 24.5 Å². The van der Waals surface area contributed by atoms with Crippen molar-refractivity contribution in [2.75, 3.05) is 12.3 Å². The smallest absolute Gasteiger partial charge is 0.790 e. The number of nitrogens with two attached hydrogens (primary N) is 1. The van der Waals surface area contributed by atoms with E-state index in [0.717, 1.165) is 10.8 Å². The Morgan fingerprint density at radius 3 is 2.09 bits per heavy atom. The van der Waals surface area contributed by atoms with Gasteiger partial charge in [-0.15, -0.1) is 0 Å². The zero-order chi connectivity index (χ0) is 23.1. The summed E-state index contributed by atoms with van der Waals surface area (Å²) in [4.78, 5) is 58.5. The fourth-order valence-corrected chi connectivity index (χ4v) is 5.47. The molecular formula is C9H11IN3Na4O14P3. The van der Waals surface area contributed by atoms with Gasteiger partial charge in [0.15, 0.2) is 6.23 Å². The first-order valence-corrected chi connectivity index (χ1v) is 12.7. The number of aromatic nitrogens is 2. The second-order valence-corrected chi connectivity index (χ2v) is 10.9. The predicted octanol–water partition coefficient (Wildman–Crippen LogP) is -16.1. The van der Waals surface area contributed by atoms with E-state index in [2.05, 4.69) is 18.1 Å². The molecule has 0 aromatic carbocycles. The number of rotatable bonds is 8. The maximum Gasteiger partial charge on any atom is 1.00 e. The van der Waals surface area contributed by atoms with Crippen LogP contribution in [-0.4, -0.2) is 44.7 Å². The summed E-state index contributed by atoms with van der Waals surface area (Å²) in [7, 11) is -18.1. The molecule has 0 amide bonds. The fourth-order valence-electron chi connectivity index (χ4n) is 2.18. The van der Waals surface area contributed by atoms with E-state index in [-0.39, 0.29) is 128 Å². The molecule has 34 heavy (non-hydrogen) atoms. The van der Waals surface area contributed by atoms with Gasteiger partial charge in [-0.2, -0.15) is 4.98 Å². The number of aliphatic hydroxyl groups excluding tert-OH is 2. The first-order valence-electron chi connectivity index (χ1n) is 7.28. The Morgan fingerprint density at radius 1 is 1.06 bits per heavy atom. The molecule has 0 bridgehead atoms. The van der Waals surface area contributed by atoms with Crippen molar-refractivity contribution in [1.82, 2.24) is 9.55 Å². The quantitative estimate of drug-likeness (QED) is 0.129. The first kappa shape index (κ1) is 42.2. The average Bonchev–Trinajstić information content (AvgIpc) is 2.81. The third kappa shape index (κ3) is 12.9. The Morgan fingerprint density at radius 2 is 1.59 bits per heavy atom. The van der Waals surface area contributed by atoms with E-state index in [1.165, 1.54) is 0 Å². The van der Waals surface area contributed by atoms with Crippen molar-refractivity contribution in [2.24, 2.45) is 0 Å². The fraction of sp³-hybridized carbons (Fsp3) is 0.556. The van der Waals surface area contributed by atoms with Crippen LogP contribution in [0.15, 0.2) is 11.0 Å². The summed E-state index contributed by atoms with van der Waals surface area (Å²) in [5.74, 6) is -0.112. The van der Waals surface area contributed by atoms with Crippen LogP contribution in [0.2, 0.25) is 0 Å². The van der Waals surface area contributed by atoms with Crippen molar-refractivity contribution in [3.63, 3.8) is 0 Å². The number of phosphoric acid groups is 3. The van der Waals surface area contributed by atoms with Gasteiger partial charge in [0, 0.05) is 6.20 Å². The van der Waals surface area contributed by atoms with E-state index in [1.54, 1.807) is 22.6 Å². The number of hydrogen-bond acceptors (Lipinski definition) is 16. The largest absolute Gasteiger partial charge is 1.00 e. The molecular weight excluding hydrogens is 686 g/mol. The molecule has 17 nitrogen and oxygen atoms in total. The van der Waals surface area contributed by atoms with Gasteiger partial charge in [0.2, 0.25) is 0 Å². The van der Waals surface area contributed by atoms with Gasteiger partial charge in [0.1, 0.15) is 24.1 Å². The maximum atomic E-state index is 11.9. The van der Waals surface area contributed by atoms with E-state index in [4.69, 9.17) is 10.5 Å². The van der Waals surface area contributed by atoms with Crippen LogP contribution in [0, 0.1) is 3.57 Å². The molecule has 1 aromatic heterocycles. The molecule has 1 aliphatic heterocycles. The molecule has 2 heterocycles. The molecule has 4 N–H and O–H groups in total. The number of nitrogen functional groups attached to an aromatic ring is 1. The SMILES string of the molecule is Nc1nc(=O)n(C2OC(COP(=O)([O-])OP(=O)([O-])OP(=O)([O-])[O-])C(O)C2O)cc1I.[Na+].[Na+].[Na+].[Na+]. The molecule has 25 heteroatoms. The monoisotopic (exact) mass is 697 g/mol. The van der Waals surface area contributed by atoms with Crippen LogP contribution in [0.4, 0.5) is 5.82 Å². The molecule has 1 aliphatic rings. The van der Waals surface area contributed by atoms with Crippen LogP contribution in [0.5, 0.6) is 0 Å². The first-order chi connectivity index (χ1) is 13.5. The minimum atomic E-state index is -6.16.